The Balaban J connectivity index is 2.96. The van der Waals surface area contributed by atoms with Crippen LogP contribution in [-0.4, -0.2) is 11.1 Å². The molecule has 1 rings (SSSR count). The van der Waals surface area contributed by atoms with E-state index >= 15 is 0 Å². The minimum absolute atomic E-state index is 0.362. The largest absolute Gasteiger partial charge is 0.478 e. The summed E-state index contributed by atoms with van der Waals surface area (Å²) in [7, 11) is 0. The molecule has 0 fully saturated rings. The van der Waals surface area contributed by atoms with Crippen LogP contribution >= 0.6 is 15.9 Å². The summed E-state index contributed by atoms with van der Waals surface area (Å²) in [6, 6.07) is 4.05. The lowest BCUT2D eigenvalue weighted by molar-refractivity contribution is -0.131. The van der Waals surface area contributed by atoms with Crippen molar-refractivity contribution in [1.29, 1.82) is 0 Å². The van der Waals surface area contributed by atoms with Gasteiger partial charge in [-0.2, -0.15) is 0 Å². The van der Waals surface area contributed by atoms with Crippen molar-refractivity contribution in [2.45, 2.75) is 0 Å². The van der Waals surface area contributed by atoms with Crippen LogP contribution < -0.4 is 0 Å². The zero-order chi connectivity index (χ0) is 9.84. The summed E-state index contributed by atoms with van der Waals surface area (Å²) in [6.45, 7) is 0. The minimum atomic E-state index is -1.03. The highest BCUT2D eigenvalue weighted by atomic mass is 79.9. The average Bonchev–Trinajstić information content (AvgIpc) is 2.02. The number of benzene rings is 1. The molecule has 0 aliphatic rings. The quantitative estimate of drug-likeness (QED) is 0.813. The fraction of sp³-hybridized carbons (Fsp3) is 0. The molecular weight excluding hydrogens is 239 g/mol. The van der Waals surface area contributed by atoms with Crippen molar-refractivity contribution in [2.75, 3.05) is 0 Å². The second-order valence-electron chi connectivity index (χ2n) is 2.34. The van der Waals surface area contributed by atoms with Crippen LogP contribution in [0.5, 0.6) is 0 Å². The van der Waals surface area contributed by atoms with Crippen molar-refractivity contribution in [1.82, 2.24) is 0 Å². The van der Waals surface area contributed by atoms with Crippen molar-refractivity contribution < 1.29 is 14.3 Å². The smallest absolute Gasteiger partial charge is 0.328 e. The van der Waals surface area contributed by atoms with Crippen LogP contribution in [0.4, 0.5) is 4.39 Å². The molecule has 0 saturated carbocycles. The molecule has 0 aliphatic carbocycles. The van der Waals surface area contributed by atoms with Crippen molar-refractivity contribution in [3.8, 4) is 0 Å². The van der Waals surface area contributed by atoms with Crippen molar-refractivity contribution in [2.24, 2.45) is 0 Å². The molecule has 0 unspecified atom stereocenters. The number of hydrogen-bond acceptors (Lipinski definition) is 1. The third kappa shape index (κ3) is 2.99. The molecule has 4 heteroatoms. The zero-order valence-electron chi connectivity index (χ0n) is 6.50. The van der Waals surface area contributed by atoms with E-state index in [4.69, 9.17) is 5.11 Å². The van der Waals surface area contributed by atoms with E-state index in [2.05, 4.69) is 15.9 Å². The number of halogens is 2. The van der Waals surface area contributed by atoms with E-state index in [1.165, 1.54) is 24.3 Å². The lowest BCUT2D eigenvalue weighted by Crippen LogP contribution is -1.86. The zero-order valence-corrected chi connectivity index (χ0v) is 8.08. The molecule has 0 radical (unpaired) electrons. The summed E-state index contributed by atoms with van der Waals surface area (Å²) in [5, 5.41) is 8.34. The van der Waals surface area contributed by atoms with Gasteiger partial charge in [0.15, 0.2) is 0 Å². The summed E-state index contributed by atoms with van der Waals surface area (Å²) in [5.41, 5.74) is 0.629. The van der Waals surface area contributed by atoms with Crippen LogP contribution in [0.15, 0.2) is 28.7 Å². The Morgan fingerprint density at radius 1 is 1.54 bits per heavy atom. The summed E-state index contributed by atoms with van der Waals surface area (Å²) in [6.07, 6.45) is 2.39. The molecule has 0 bridgehead atoms. The van der Waals surface area contributed by atoms with Gasteiger partial charge in [-0.15, -0.1) is 0 Å². The van der Waals surface area contributed by atoms with Gasteiger partial charge in [0.05, 0.1) is 0 Å². The molecule has 0 spiro atoms. The van der Waals surface area contributed by atoms with E-state index in [1.54, 1.807) is 0 Å². The normalized spacial score (nSPS) is 10.6. The standard InChI is InChI=1S/C9H6BrFO2/c10-8-5-7(11)3-1-6(8)2-4-9(12)13/h1-5H,(H,12,13). The van der Waals surface area contributed by atoms with E-state index < -0.39 is 5.97 Å². The van der Waals surface area contributed by atoms with E-state index in [0.29, 0.717) is 10.0 Å². The highest BCUT2D eigenvalue weighted by molar-refractivity contribution is 9.10. The first kappa shape index (κ1) is 9.92. The molecule has 0 aromatic heterocycles. The van der Waals surface area contributed by atoms with E-state index in [9.17, 15) is 9.18 Å². The Morgan fingerprint density at radius 2 is 2.23 bits per heavy atom. The van der Waals surface area contributed by atoms with Crippen LogP contribution in [0.1, 0.15) is 5.56 Å². The number of carboxylic acids is 1. The maximum atomic E-state index is 12.6. The summed E-state index contributed by atoms with van der Waals surface area (Å²) >= 11 is 3.11. The van der Waals surface area contributed by atoms with Gasteiger partial charge < -0.3 is 5.11 Å². The van der Waals surface area contributed by atoms with Gasteiger partial charge in [-0.05, 0) is 23.8 Å². The Bertz CT molecular complexity index is 361. The second kappa shape index (κ2) is 4.18. The van der Waals surface area contributed by atoms with Crippen LogP contribution in [0, 0.1) is 5.82 Å². The second-order valence-corrected chi connectivity index (χ2v) is 3.19. The number of rotatable bonds is 2. The minimum Gasteiger partial charge on any atom is -0.478 e. The maximum absolute atomic E-state index is 12.6. The van der Waals surface area contributed by atoms with E-state index in [0.717, 1.165) is 6.08 Å². The van der Waals surface area contributed by atoms with Crippen LogP contribution in [0.25, 0.3) is 6.08 Å². The topological polar surface area (TPSA) is 37.3 Å². The molecule has 68 valence electrons. The summed E-state index contributed by atoms with van der Waals surface area (Å²) < 4.78 is 13.1. The Hall–Kier alpha value is -1.16. The molecule has 1 N–H and O–H groups in total. The highest BCUT2D eigenvalue weighted by Gasteiger charge is 1.98. The number of hydrogen-bond donors (Lipinski definition) is 1. The van der Waals surface area contributed by atoms with Crippen LogP contribution in [-0.2, 0) is 4.79 Å². The van der Waals surface area contributed by atoms with E-state index in [1.807, 2.05) is 0 Å². The lowest BCUT2D eigenvalue weighted by Gasteiger charge is -1.96. The molecule has 1 aromatic rings. The molecule has 0 aliphatic heterocycles. The summed E-state index contributed by atoms with van der Waals surface area (Å²) in [5.74, 6) is -1.39. The molecule has 0 atom stereocenters. The lowest BCUT2D eigenvalue weighted by atomic mass is 10.2. The van der Waals surface area contributed by atoms with Gasteiger partial charge in [-0.3, -0.25) is 0 Å². The SMILES string of the molecule is O=C(O)C=Cc1ccc(F)cc1Br. The first-order valence-corrected chi connectivity index (χ1v) is 4.25. The Labute approximate surface area is 82.8 Å². The van der Waals surface area contributed by atoms with Gasteiger partial charge in [0, 0.05) is 10.5 Å². The Kier molecular flexibility index (Phi) is 3.19. The monoisotopic (exact) mass is 244 g/mol. The molecule has 13 heavy (non-hydrogen) atoms. The predicted molar refractivity (Wildman–Crippen MR) is 50.8 cm³/mol. The van der Waals surface area contributed by atoms with Crippen molar-refractivity contribution in [3.05, 3.63) is 40.1 Å². The number of carbonyl (C=O) groups is 1. The first-order valence-electron chi connectivity index (χ1n) is 3.45. The molecule has 0 heterocycles. The number of carboxylic acid groups (broad SMARTS) is 1. The fourth-order valence-electron chi connectivity index (χ4n) is 0.798. The van der Waals surface area contributed by atoms with Gasteiger partial charge in [-0.25, -0.2) is 9.18 Å². The third-order valence-electron chi connectivity index (χ3n) is 1.37. The van der Waals surface area contributed by atoms with Gasteiger partial charge >= 0.3 is 5.97 Å². The van der Waals surface area contributed by atoms with Crippen molar-refractivity contribution in [3.63, 3.8) is 0 Å². The third-order valence-corrected chi connectivity index (χ3v) is 2.05. The molecular formula is C9H6BrFO2. The van der Waals surface area contributed by atoms with Gasteiger partial charge in [0.2, 0.25) is 0 Å². The average molecular weight is 245 g/mol. The van der Waals surface area contributed by atoms with Gasteiger partial charge in [0.1, 0.15) is 5.82 Å². The maximum Gasteiger partial charge on any atom is 0.328 e. The first-order chi connectivity index (χ1) is 6.09. The highest BCUT2D eigenvalue weighted by Crippen LogP contribution is 2.19. The van der Waals surface area contributed by atoms with Gasteiger partial charge in [-0.1, -0.05) is 22.0 Å². The fourth-order valence-corrected chi connectivity index (χ4v) is 1.28. The van der Waals surface area contributed by atoms with Crippen LogP contribution in [0.2, 0.25) is 0 Å². The van der Waals surface area contributed by atoms with Gasteiger partial charge in [0.25, 0.3) is 0 Å². The summed E-state index contributed by atoms with van der Waals surface area (Å²) in [4.78, 5) is 10.2. The molecule has 0 amide bonds. The van der Waals surface area contributed by atoms with Crippen molar-refractivity contribution >= 4 is 28.0 Å². The van der Waals surface area contributed by atoms with Crippen LogP contribution in [0.3, 0.4) is 0 Å². The molecule has 2 nitrogen and oxygen atoms in total. The predicted octanol–water partition coefficient (Wildman–Crippen LogP) is 2.69. The van der Waals surface area contributed by atoms with E-state index in [-0.39, 0.29) is 5.82 Å². The number of aliphatic carboxylic acids is 1. The molecule has 1 aromatic carbocycles. The molecule has 0 saturated heterocycles. The Morgan fingerprint density at radius 3 is 2.77 bits per heavy atom.